The molecule has 98 valence electrons. The number of benzene rings is 1. The molecule has 0 saturated carbocycles. The number of rotatable bonds is 2. The van der Waals surface area contributed by atoms with E-state index in [1.807, 2.05) is 11.8 Å². The van der Waals surface area contributed by atoms with Gasteiger partial charge in [0.25, 0.3) is 0 Å². The zero-order valence-electron chi connectivity index (χ0n) is 9.95. The van der Waals surface area contributed by atoms with Gasteiger partial charge in [-0.15, -0.1) is 0 Å². The maximum absolute atomic E-state index is 14.3. The molecule has 1 fully saturated rings. The molecule has 1 aromatic rings. The SMILES string of the molecule is CC1CN(c2ccc(C(N)=S)c(Br)c2F)CCO1. The maximum Gasteiger partial charge on any atom is 0.161 e. The Morgan fingerprint density at radius 1 is 1.61 bits per heavy atom. The van der Waals surface area contributed by atoms with Crippen LogP contribution in [0.15, 0.2) is 16.6 Å². The Morgan fingerprint density at radius 2 is 2.33 bits per heavy atom. The summed E-state index contributed by atoms with van der Waals surface area (Å²) in [6.07, 6.45) is 0.104. The van der Waals surface area contributed by atoms with Crippen LogP contribution < -0.4 is 10.6 Å². The van der Waals surface area contributed by atoms with Crippen molar-refractivity contribution in [3.8, 4) is 0 Å². The third-order valence-corrected chi connectivity index (χ3v) is 3.90. The van der Waals surface area contributed by atoms with E-state index in [2.05, 4.69) is 15.9 Å². The minimum Gasteiger partial charge on any atom is -0.389 e. The summed E-state index contributed by atoms with van der Waals surface area (Å²) in [7, 11) is 0. The fourth-order valence-electron chi connectivity index (χ4n) is 2.01. The summed E-state index contributed by atoms with van der Waals surface area (Å²) in [5.74, 6) is -0.325. The molecule has 1 saturated heterocycles. The quantitative estimate of drug-likeness (QED) is 0.844. The Labute approximate surface area is 119 Å². The fraction of sp³-hybridized carbons (Fsp3) is 0.417. The molecule has 1 atom stereocenters. The summed E-state index contributed by atoms with van der Waals surface area (Å²) in [6.45, 7) is 3.94. The molecule has 0 aliphatic carbocycles. The third kappa shape index (κ3) is 2.65. The number of nitrogens with zero attached hydrogens (tertiary/aromatic N) is 1. The molecular formula is C12H14BrFN2OS. The van der Waals surface area contributed by atoms with Gasteiger partial charge in [-0.1, -0.05) is 12.2 Å². The number of thiocarbonyl (C=S) groups is 1. The predicted octanol–water partition coefficient (Wildman–Crippen LogP) is 2.45. The Morgan fingerprint density at radius 3 is 2.94 bits per heavy atom. The molecule has 1 aliphatic heterocycles. The van der Waals surface area contributed by atoms with Crippen molar-refractivity contribution >= 4 is 38.8 Å². The molecule has 0 aromatic heterocycles. The van der Waals surface area contributed by atoms with Crippen LogP contribution in [0.3, 0.4) is 0 Å². The van der Waals surface area contributed by atoms with Crippen LogP contribution in [-0.2, 0) is 4.74 Å². The van der Waals surface area contributed by atoms with Gasteiger partial charge >= 0.3 is 0 Å². The lowest BCUT2D eigenvalue weighted by Crippen LogP contribution is -2.41. The van der Waals surface area contributed by atoms with Crippen LogP contribution in [0.5, 0.6) is 0 Å². The van der Waals surface area contributed by atoms with Crippen molar-refractivity contribution in [3.05, 3.63) is 28.0 Å². The van der Waals surface area contributed by atoms with Crippen LogP contribution in [0.4, 0.5) is 10.1 Å². The third-order valence-electron chi connectivity index (χ3n) is 2.91. The van der Waals surface area contributed by atoms with E-state index in [0.29, 0.717) is 35.4 Å². The Kier molecular flexibility index (Phi) is 4.19. The molecule has 18 heavy (non-hydrogen) atoms. The van der Waals surface area contributed by atoms with Gasteiger partial charge in [-0.2, -0.15) is 0 Å². The predicted molar refractivity (Wildman–Crippen MR) is 77.6 cm³/mol. The summed E-state index contributed by atoms with van der Waals surface area (Å²) >= 11 is 8.09. The highest BCUT2D eigenvalue weighted by molar-refractivity contribution is 9.10. The van der Waals surface area contributed by atoms with E-state index in [1.165, 1.54) is 0 Å². The first-order valence-electron chi connectivity index (χ1n) is 5.65. The van der Waals surface area contributed by atoms with Crippen LogP contribution in [0.2, 0.25) is 0 Å². The second-order valence-electron chi connectivity index (χ2n) is 4.25. The first-order valence-corrected chi connectivity index (χ1v) is 6.85. The Balaban J connectivity index is 2.34. The van der Waals surface area contributed by atoms with Crippen LogP contribution in [-0.4, -0.2) is 30.8 Å². The van der Waals surface area contributed by atoms with Crippen molar-refractivity contribution in [1.29, 1.82) is 0 Å². The number of ether oxygens (including phenoxy) is 1. The van der Waals surface area contributed by atoms with E-state index in [1.54, 1.807) is 12.1 Å². The largest absolute Gasteiger partial charge is 0.389 e. The van der Waals surface area contributed by atoms with Gasteiger partial charge in [-0.3, -0.25) is 0 Å². The fourth-order valence-corrected chi connectivity index (χ4v) is 2.86. The van der Waals surface area contributed by atoms with Gasteiger partial charge in [0.1, 0.15) is 4.99 Å². The first kappa shape index (κ1) is 13.7. The standard InChI is InChI=1S/C12H14BrFN2OS/c1-7-6-16(4-5-17-7)9-3-2-8(12(15)18)10(13)11(9)14/h2-3,7H,4-6H2,1H3,(H2,15,18). The van der Waals surface area contributed by atoms with E-state index in [0.717, 1.165) is 0 Å². The van der Waals surface area contributed by atoms with Crippen LogP contribution >= 0.6 is 28.1 Å². The van der Waals surface area contributed by atoms with Crippen molar-refractivity contribution in [3.63, 3.8) is 0 Å². The van der Waals surface area contributed by atoms with Crippen LogP contribution in [0, 0.1) is 5.82 Å². The lowest BCUT2D eigenvalue weighted by Gasteiger charge is -2.33. The normalized spacial score (nSPS) is 19.9. The molecule has 1 aliphatic rings. The number of halogens is 2. The molecule has 2 rings (SSSR count). The second kappa shape index (κ2) is 5.50. The topological polar surface area (TPSA) is 38.5 Å². The van der Waals surface area contributed by atoms with Gasteiger partial charge in [-0.25, -0.2) is 4.39 Å². The molecule has 2 N–H and O–H groups in total. The lowest BCUT2D eigenvalue weighted by molar-refractivity contribution is 0.0530. The van der Waals surface area contributed by atoms with Gasteiger partial charge < -0.3 is 15.4 Å². The maximum atomic E-state index is 14.3. The summed E-state index contributed by atoms with van der Waals surface area (Å²) < 4.78 is 20.1. The van der Waals surface area contributed by atoms with Gasteiger partial charge in [0.2, 0.25) is 0 Å². The molecule has 3 nitrogen and oxygen atoms in total. The van der Waals surface area contributed by atoms with Crippen LogP contribution in [0.25, 0.3) is 0 Å². The van der Waals surface area contributed by atoms with E-state index in [-0.39, 0.29) is 16.9 Å². The minimum atomic E-state index is -0.325. The van der Waals surface area contributed by atoms with Crippen molar-refractivity contribution in [2.75, 3.05) is 24.6 Å². The second-order valence-corrected chi connectivity index (χ2v) is 5.48. The number of anilines is 1. The van der Waals surface area contributed by atoms with E-state index in [9.17, 15) is 4.39 Å². The first-order chi connectivity index (χ1) is 8.50. The van der Waals surface area contributed by atoms with E-state index >= 15 is 0 Å². The molecule has 1 unspecified atom stereocenters. The van der Waals surface area contributed by atoms with Crippen molar-refractivity contribution in [2.45, 2.75) is 13.0 Å². The summed E-state index contributed by atoms with van der Waals surface area (Å²) in [6, 6.07) is 3.46. The summed E-state index contributed by atoms with van der Waals surface area (Å²) in [4.78, 5) is 2.15. The van der Waals surface area contributed by atoms with Crippen molar-refractivity contribution in [2.24, 2.45) is 5.73 Å². The Bertz CT molecular complexity index is 483. The zero-order chi connectivity index (χ0) is 13.3. The van der Waals surface area contributed by atoms with E-state index in [4.69, 9.17) is 22.7 Å². The minimum absolute atomic E-state index is 0.104. The lowest BCUT2D eigenvalue weighted by atomic mass is 10.1. The number of nitrogens with two attached hydrogens (primary N) is 1. The van der Waals surface area contributed by atoms with Crippen molar-refractivity contribution < 1.29 is 9.13 Å². The molecule has 0 spiro atoms. The monoisotopic (exact) mass is 332 g/mol. The van der Waals surface area contributed by atoms with Gasteiger partial charge in [0.15, 0.2) is 5.82 Å². The summed E-state index contributed by atoms with van der Waals surface area (Å²) in [5.41, 5.74) is 6.61. The Hall–Kier alpha value is -0.720. The van der Waals surface area contributed by atoms with Gasteiger partial charge in [0.05, 0.1) is 22.9 Å². The highest BCUT2D eigenvalue weighted by Crippen LogP contribution is 2.30. The average Bonchev–Trinajstić information content (AvgIpc) is 2.32. The van der Waals surface area contributed by atoms with Crippen LogP contribution in [0.1, 0.15) is 12.5 Å². The summed E-state index contributed by atoms with van der Waals surface area (Å²) in [5, 5.41) is 0. The number of hydrogen-bond donors (Lipinski definition) is 1. The molecule has 0 radical (unpaired) electrons. The van der Waals surface area contributed by atoms with Gasteiger partial charge in [-0.05, 0) is 35.0 Å². The molecule has 0 bridgehead atoms. The highest BCUT2D eigenvalue weighted by atomic mass is 79.9. The smallest absolute Gasteiger partial charge is 0.161 e. The van der Waals surface area contributed by atoms with Gasteiger partial charge in [0, 0.05) is 18.7 Å². The number of morpholine rings is 1. The molecule has 6 heteroatoms. The molecular weight excluding hydrogens is 319 g/mol. The van der Waals surface area contributed by atoms with Crippen molar-refractivity contribution in [1.82, 2.24) is 0 Å². The zero-order valence-corrected chi connectivity index (χ0v) is 12.4. The molecule has 0 amide bonds. The molecule has 1 heterocycles. The molecule has 1 aromatic carbocycles. The van der Waals surface area contributed by atoms with E-state index < -0.39 is 0 Å². The average molecular weight is 333 g/mol. The number of hydrogen-bond acceptors (Lipinski definition) is 3. The highest BCUT2D eigenvalue weighted by Gasteiger charge is 2.22.